The zero-order valence-corrected chi connectivity index (χ0v) is 6.70. The molecule has 3 N–H and O–H groups in total. The molecule has 0 aliphatic heterocycles. The molecule has 1 heterocycles. The van der Waals surface area contributed by atoms with Gasteiger partial charge in [0, 0.05) is 6.54 Å². The van der Waals surface area contributed by atoms with E-state index in [4.69, 9.17) is 5.73 Å². The van der Waals surface area contributed by atoms with E-state index in [0.29, 0.717) is 6.54 Å². The molecule has 0 saturated heterocycles. The van der Waals surface area contributed by atoms with Crippen molar-refractivity contribution in [1.29, 1.82) is 0 Å². The molecule has 1 rings (SSSR count). The zero-order chi connectivity index (χ0) is 8.97. The molecular weight excluding hydrogens is 160 g/mol. The highest BCUT2D eigenvalue weighted by Gasteiger charge is 2.14. The van der Waals surface area contributed by atoms with E-state index in [1.165, 1.54) is 0 Å². The van der Waals surface area contributed by atoms with Crippen LogP contribution in [0.5, 0.6) is 0 Å². The number of nitrogen functional groups attached to an aromatic ring is 1. The first-order chi connectivity index (χ1) is 5.75. The molecule has 0 atom stereocenters. The predicted octanol–water partition coefficient (Wildman–Crippen LogP) is -0.208. The lowest BCUT2D eigenvalue weighted by atomic mass is 10.4. The lowest BCUT2D eigenvalue weighted by Gasteiger charge is -1.97. The van der Waals surface area contributed by atoms with Crippen LogP contribution >= 0.6 is 0 Å². The highest BCUT2D eigenvalue weighted by atomic mass is 16.6. The molecule has 1 aromatic rings. The third-order valence-electron chi connectivity index (χ3n) is 1.26. The number of anilines is 1. The quantitative estimate of drug-likeness (QED) is 0.654. The Bertz CT molecular complexity index is 270. The van der Waals surface area contributed by atoms with Gasteiger partial charge in [0.15, 0.2) is 0 Å². The van der Waals surface area contributed by atoms with Crippen LogP contribution in [0.3, 0.4) is 0 Å². The van der Waals surface area contributed by atoms with Crippen LogP contribution in [0.1, 0.15) is 23.8 Å². The van der Waals surface area contributed by atoms with Crippen molar-refractivity contribution in [3.63, 3.8) is 0 Å². The van der Waals surface area contributed by atoms with E-state index in [1.807, 2.05) is 6.92 Å². The molecule has 0 unspecified atom stereocenters. The zero-order valence-electron chi connectivity index (χ0n) is 6.70. The highest BCUT2D eigenvalue weighted by molar-refractivity contribution is 5.95. The van der Waals surface area contributed by atoms with Gasteiger partial charge in [0.2, 0.25) is 11.5 Å². The minimum Gasteiger partial charge on any atom is -0.379 e. The molecule has 1 amide bonds. The number of aromatic nitrogens is 2. The fourth-order valence-corrected chi connectivity index (χ4v) is 0.675. The Morgan fingerprint density at radius 2 is 2.42 bits per heavy atom. The maximum Gasteiger partial charge on any atom is 0.277 e. The number of hydrogen-bond acceptors (Lipinski definition) is 5. The van der Waals surface area contributed by atoms with Crippen LogP contribution in [0.25, 0.3) is 0 Å². The topological polar surface area (TPSA) is 94.0 Å². The van der Waals surface area contributed by atoms with E-state index < -0.39 is 0 Å². The summed E-state index contributed by atoms with van der Waals surface area (Å²) >= 11 is 0. The number of rotatable bonds is 3. The van der Waals surface area contributed by atoms with Gasteiger partial charge in [-0.25, -0.2) is 4.63 Å². The Morgan fingerprint density at radius 1 is 1.67 bits per heavy atom. The Hall–Kier alpha value is -1.59. The summed E-state index contributed by atoms with van der Waals surface area (Å²) in [4.78, 5) is 11.1. The molecule has 0 bridgehead atoms. The fraction of sp³-hybridized carbons (Fsp3) is 0.500. The molecular formula is C6H10N4O2. The molecule has 0 spiro atoms. The van der Waals surface area contributed by atoms with Crippen LogP contribution in [0, 0.1) is 0 Å². The molecule has 6 heteroatoms. The highest BCUT2D eigenvalue weighted by Crippen LogP contribution is 2.02. The fourth-order valence-electron chi connectivity index (χ4n) is 0.675. The van der Waals surface area contributed by atoms with Crippen LogP contribution in [-0.2, 0) is 0 Å². The summed E-state index contributed by atoms with van der Waals surface area (Å²) in [5, 5.41) is 9.22. The second-order valence-electron chi connectivity index (χ2n) is 2.25. The van der Waals surface area contributed by atoms with Crippen molar-refractivity contribution in [3.05, 3.63) is 5.69 Å². The second kappa shape index (κ2) is 3.70. The maximum absolute atomic E-state index is 11.1. The van der Waals surface area contributed by atoms with Crippen LogP contribution in [0.4, 0.5) is 5.82 Å². The van der Waals surface area contributed by atoms with Crippen molar-refractivity contribution in [2.24, 2.45) is 0 Å². The minimum atomic E-state index is -0.351. The second-order valence-corrected chi connectivity index (χ2v) is 2.25. The van der Waals surface area contributed by atoms with Crippen LogP contribution in [0.2, 0.25) is 0 Å². The first kappa shape index (κ1) is 8.51. The molecule has 66 valence electrons. The number of nitrogens with zero attached hydrogens (tertiary/aromatic N) is 2. The third-order valence-corrected chi connectivity index (χ3v) is 1.26. The molecule has 0 aromatic carbocycles. The molecule has 1 aromatic heterocycles. The summed E-state index contributed by atoms with van der Waals surface area (Å²) in [6, 6.07) is 0. The summed E-state index contributed by atoms with van der Waals surface area (Å²) < 4.78 is 4.26. The van der Waals surface area contributed by atoms with Crippen LogP contribution < -0.4 is 11.1 Å². The average Bonchev–Trinajstić information content (AvgIpc) is 2.47. The van der Waals surface area contributed by atoms with E-state index in [1.54, 1.807) is 0 Å². The van der Waals surface area contributed by atoms with Gasteiger partial charge in [-0.2, -0.15) is 0 Å². The SMILES string of the molecule is CCCNC(=O)c1nonc1N. The Labute approximate surface area is 69.1 Å². The number of amides is 1. The first-order valence-corrected chi connectivity index (χ1v) is 3.62. The summed E-state index contributed by atoms with van der Waals surface area (Å²) in [5.41, 5.74) is 5.33. The van der Waals surface area contributed by atoms with Gasteiger partial charge in [0.1, 0.15) is 0 Å². The van der Waals surface area contributed by atoms with Gasteiger partial charge in [-0.3, -0.25) is 4.79 Å². The van der Waals surface area contributed by atoms with Crippen molar-refractivity contribution < 1.29 is 9.42 Å². The smallest absolute Gasteiger partial charge is 0.277 e. The molecule has 12 heavy (non-hydrogen) atoms. The van der Waals surface area contributed by atoms with Gasteiger partial charge in [0.25, 0.3) is 5.91 Å². The molecule has 0 saturated carbocycles. The summed E-state index contributed by atoms with van der Waals surface area (Å²) in [7, 11) is 0. The Morgan fingerprint density at radius 3 is 2.92 bits per heavy atom. The van der Waals surface area contributed by atoms with Gasteiger partial charge in [-0.15, -0.1) is 0 Å². The van der Waals surface area contributed by atoms with Crippen molar-refractivity contribution in [2.75, 3.05) is 12.3 Å². The lowest BCUT2D eigenvalue weighted by Crippen LogP contribution is -2.25. The van der Waals surface area contributed by atoms with Crippen LogP contribution in [0.15, 0.2) is 4.63 Å². The van der Waals surface area contributed by atoms with Gasteiger partial charge in [-0.05, 0) is 16.7 Å². The van der Waals surface area contributed by atoms with Crippen molar-refractivity contribution in [1.82, 2.24) is 15.6 Å². The lowest BCUT2D eigenvalue weighted by molar-refractivity contribution is 0.0944. The minimum absolute atomic E-state index is 0.0172. The average molecular weight is 170 g/mol. The van der Waals surface area contributed by atoms with E-state index in [0.717, 1.165) is 6.42 Å². The van der Waals surface area contributed by atoms with E-state index in [9.17, 15) is 4.79 Å². The van der Waals surface area contributed by atoms with Gasteiger partial charge in [-0.1, -0.05) is 6.92 Å². The monoisotopic (exact) mass is 170 g/mol. The number of carbonyl (C=O) groups excluding carboxylic acids is 1. The predicted molar refractivity (Wildman–Crippen MR) is 41.3 cm³/mol. The largest absolute Gasteiger partial charge is 0.379 e. The maximum atomic E-state index is 11.1. The summed E-state index contributed by atoms with van der Waals surface area (Å²) in [6.07, 6.45) is 0.858. The molecule has 6 nitrogen and oxygen atoms in total. The summed E-state index contributed by atoms with van der Waals surface area (Å²) in [5.74, 6) is -0.334. The Kier molecular flexibility index (Phi) is 2.62. The molecule has 0 radical (unpaired) electrons. The van der Waals surface area contributed by atoms with Crippen molar-refractivity contribution in [3.8, 4) is 0 Å². The number of carbonyl (C=O) groups is 1. The van der Waals surface area contributed by atoms with E-state index in [-0.39, 0.29) is 17.4 Å². The van der Waals surface area contributed by atoms with Gasteiger partial charge in [0.05, 0.1) is 0 Å². The number of nitrogens with one attached hydrogen (secondary N) is 1. The normalized spacial score (nSPS) is 9.75. The van der Waals surface area contributed by atoms with Crippen molar-refractivity contribution >= 4 is 11.7 Å². The van der Waals surface area contributed by atoms with E-state index >= 15 is 0 Å². The number of hydrogen-bond donors (Lipinski definition) is 2. The van der Waals surface area contributed by atoms with Crippen LogP contribution in [-0.4, -0.2) is 22.8 Å². The van der Waals surface area contributed by atoms with Gasteiger partial charge >= 0.3 is 0 Å². The molecule has 0 aliphatic rings. The van der Waals surface area contributed by atoms with Gasteiger partial charge < -0.3 is 11.1 Å². The first-order valence-electron chi connectivity index (χ1n) is 3.62. The third kappa shape index (κ3) is 1.71. The van der Waals surface area contributed by atoms with E-state index in [2.05, 4.69) is 20.3 Å². The molecule has 0 fully saturated rings. The Balaban J connectivity index is 2.59. The van der Waals surface area contributed by atoms with Crippen molar-refractivity contribution in [2.45, 2.75) is 13.3 Å². The molecule has 0 aliphatic carbocycles. The summed E-state index contributed by atoms with van der Waals surface area (Å²) in [6.45, 7) is 2.54. The number of nitrogens with two attached hydrogens (primary N) is 1. The standard InChI is InChI=1S/C6H10N4O2/c1-2-3-8-6(11)4-5(7)10-12-9-4/h2-3H2,1H3,(H2,7,10)(H,8,11).